The first-order valence-electron chi connectivity index (χ1n) is 10.9. The molecule has 2 aromatic carbocycles. The second-order valence-electron chi connectivity index (χ2n) is 7.67. The smallest absolute Gasteiger partial charge is 0.421 e. The molecule has 0 aliphatic heterocycles. The third-order valence-corrected chi connectivity index (χ3v) is 4.91. The van der Waals surface area contributed by atoms with Crippen LogP contribution in [0.1, 0.15) is 17.5 Å². The van der Waals surface area contributed by atoms with Crippen LogP contribution in [-0.4, -0.2) is 50.4 Å². The van der Waals surface area contributed by atoms with Crippen LogP contribution in [0, 0.1) is 0 Å². The van der Waals surface area contributed by atoms with Gasteiger partial charge in [0.15, 0.2) is 11.5 Å². The molecule has 0 spiro atoms. The van der Waals surface area contributed by atoms with Gasteiger partial charge in [0.1, 0.15) is 12.6 Å². The zero-order valence-corrected chi connectivity index (χ0v) is 20.1. The fourth-order valence-electron chi connectivity index (χ4n) is 2.97. The summed E-state index contributed by atoms with van der Waals surface area (Å²) < 4.78 is 55.0. The highest BCUT2D eigenvalue weighted by molar-refractivity contribution is 5.85. The molecule has 0 aliphatic rings. The maximum atomic E-state index is 13.3. The van der Waals surface area contributed by atoms with E-state index in [4.69, 9.17) is 19.9 Å². The van der Waals surface area contributed by atoms with Crippen LogP contribution >= 0.6 is 0 Å². The molecular formula is C23H28F3N5O6. The lowest BCUT2D eigenvalue weighted by Crippen LogP contribution is -2.55. The number of rotatable bonds is 11. The first-order valence-corrected chi connectivity index (χ1v) is 10.9. The van der Waals surface area contributed by atoms with Crippen molar-refractivity contribution in [1.82, 2.24) is 21.7 Å². The predicted octanol–water partition coefficient (Wildman–Crippen LogP) is 1.47. The van der Waals surface area contributed by atoms with E-state index in [-0.39, 0.29) is 13.0 Å². The van der Waals surface area contributed by atoms with Gasteiger partial charge in [-0.1, -0.05) is 36.4 Å². The van der Waals surface area contributed by atoms with E-state index in [0.29, 0.717) is 22.6 Å². The van der Waals surface area contributed by atoms with Crippen molar-refractivity contribution in [3.63, 3.8) is 0 Å². The number of hydrogen-bond donors (Lipinski definition) is 5. The highest BCUT2D eigenvalue weighted by atomic mass is 19.4. The number of nitrogens with one attached hydrogen (secondary N) is 4. The molecule has 6 N–H and O–H groups in total. The topological polar surface area (TPSA) is 153 Å². The quantitative estimate of drug-likeness (QED) is 0.276. The molecule has 0 radical (unpaired) electrons. The van der Waals surface area contributed by atoms with Crippen LogP contribution in [0.25, 0.3) is 0 Å². The summed E-state index contributed by atoms with van der Waals surface area (Å²) in [6.45, 7) is -0.166. The molecule has 14 heteroatoms. The number of carbonyl (C=O) groups excluding carboxylic acids is 3. The van der Waals surface area contributed by atoms with Gasteiger partial charge in [0, 0.05) is 0 Å². The lowest BCUT2D eigenvalue weighted by molar-refractivity contribution is -0.163. The Morgan fingerprint density at radius 2 is 1.59 bits per heavy atom. The Morgan fingerprint density at radius 1 is 0.919 bits per heavy atom. The Hall–Kier alpha value is -4.04. The molecule has 2 atom stereocenters. The Balaban J connectivity index is 1.81. The minimum atomic E-state index is -4.90. The molecule has 0 fully saturated rings. The van der Waals surface area contributed by atoms with E-state index < -0.39 is 42.6 Å². The van der Waals surface area contributed by atoms with Gasteiger partial charge in [0.05, 0.1) is 26.7 Å². The van der Waals surface area contributed by atoms with E-state index in [1.165, 1.54) is 14.2 Å². The van der Waals surface area contributed by atoms with Crippen molar-refractivity contribution < 1.29 is 41.8 Å². The van der Waals surface area contributed by atoms with Crippen molar-refractivity contribution >= 4 is 17.9 Å². The van der Waals surface area contributed by atoms with Crippen LogP contribution in [0.5, 0.6) is 11.5 Å². The summed E-state index contributed by atoms with van der Waals surface area (Å²) in [5.41, 5.74) is 14.4. The number of nitrogens with two attached hydrogens (primary N) is 1. The number of benzene rings is 2. The SMILES string of the molecule is COc1ccc(CC(N)C(=O)NNC(=O)CC(NNC(=O)OCc2ccccc2)C(F)(F)F)cc1OC. The molecule has 0 aromatic heterocycles. The van der Waals surface area contributed by atoms with Crippen molar-refractivity contribution in [3.05, 3.63) is 59.7 Å². The van der Waals surface area contributed by atoms with Crippen molar-refractivity contribution in [2.75, 3.05) is 14.2 Å². The summed E-state index contributed by atoms with van der Waals surface area (Å²) in [5, 5.41) is 0. The molecule has 11 nitrogen and oxygen atoms in total. The van der Waals surface area contributed by atoms with Gasteiger partial charge in [-0.15, -0.1) is 0 Å². The first kappa shape index (κ1) is 29.2. The van der Waals surface area contributed by atoms with Crippen LogP contribution in [-0.2, 0) is 27.4 Å². The summed E-state index contributed by atoms with van der Waals surface area (Å²) >= 11 is 0. The molecule has 0 saturated carbocycles. The predicted molar refractivity (Wildman–Crippen MR) is 125 cm³/mol. The van der Waals surface area contributed by atoms with Gasteiger partial charge in [0.25, 0.3) is 5.91 Å². The molecule has 0 bridgehead atoms. The Labute approximate surface area is 210 Å². The van der Waals surface area contributed by atoms with Gasteiger partial charge in [0.2, 0.25) is 5.91 Å². The lowest BCUT2D eigenvalue weighted by Gasteiger charge is -2.21. The molecule has 3 amide bonds. The van der Waals surface area contributed by atoms with E-state index in [1.807, 2.05) is 10.9 Å². The number of carbonyl (C=O) groups is 3. The summed E-state index contributed by atoms with van der Waals surface area (Å²) in [6.07, 6.45) is -7.19. The average molecular weight is 528 g/mol. The molecule has 0 aliphatic carbocycles. The molecule has 202 valence electrons. The highest BCUT2D eigenvalue weighted by Gasteiger charge is 2.41. The monoisotopic (exact) mass is 527 g/mol. The molecule has 0 saturated heterocycles. The largest absolute Gasteiger partial charge is 0.493 e. The minimum absolute atomic E-state index is 0.0454. The Morgan fingerprint density at radius 3 is 2.22 bits per heavy atom. The maximum Gasteiger partial charge on any atom is 0.421 e. The Bertz CT molecular complexity index is 1050. The van der Waals surface area contributed by atoms with Crippen LogP contribution < -0.4 is 36.9 Å². The second kappa shape index (κ2) is 13.9. The summed E-state index contributed by atoms with van der Waals surface area (Å²) in [7, 11) is 2.90. The number of methoxy groups -OCH3 is 2. The van der Waals surface area contributed by atoms with Gasteiger partial charge in [-0.3, -0.25) is 25.9 Å². The minimum Gasteiger partial charge on any atom is -0.493 e. The third kappa shape index (κ3) is 9.85. The molecule has 2 rings (SSSR count). The number of halogens is 3. The van der Waals surface area contributed by atoms with E-state index >= 15 is 0 Å². The van der Waals surface area contributed by atoms with Gasteiger partial charge in [-0.2, -0.15) is 13.2 Å². The standard InChI is InChI=1S/C23H28F3N5O6/c1-35-17-9-8-15(11-18(17)36-2)10-16(27)21(33)30-29-20(32)12-19(23(24,25)26)28-31-22(34)37-13-14-6-4-3-5-7-14/h3-9,11,16,19,28H,10,12-13,27H2,1-2H3,(H,29,32)(H,30,33)(H,31,34). The fraction of sp³-hybridized carbons (Fsp3) is 0.348. The zero-order valence-electron chi connectivity index (χ0n) is 20.1. The van der Waals surface area contributed by atoms with Crippen molar-refractivity contribution in [3.8, 4) is 11.5 Å². The summed E-state index contributed by atoms with van der Waals surface area (Å²) in [4.78, 5) is 35.9. The highest BCUT2D eigenvalue weighted by Crippen LogP contribution is 2.28. The number of hydrogen-bond acceptors (Lipinski definition) is 8. The van der Waals surface area contributed by atoms with Gasteiger partial charge >= 0.3 is 12.3 Å². The van der Waals surface area contributed by atoms with Gasteiger partial charge in [-0.25, -0.2) is 10.2 Å². The number of alkyl halides is 3. The van der Waals surface area contributed by atoms with Gasteiger partial charge in [-0.05, 0) is 29.7 Å². The van der Waals surface area contributed by atoms with Crippen molar-refractivity contribution in [2.45, 2.75) is 37.7 Å². The van der Waals surface area contributed by atoms with Crippen molar-refractivity contribution in [1.29, 1.82) is 0 Å². The van der Waals surface area contributed by atoms with Crippen molar-refractivity contribution in [2.24, 2.45) is 5.73 Å². The fourth-order valence-corrected chi connectivity index (χ4v) is 2.97. The van der Waals surface area contributed by atoms with Crippen LogP contribution in [0.4, 0.5) is 18.0 Å². The number of hydrazine groups is 2. The molecular weight excluding hydrogens is 499 g/mol. The van der Waals surface area contributed by atoms with Crippen LogP contribution in [0.2, 0.25) is 0 Å². The van der Waals surface area contributed by atoms with Gasteiger partial charge < -0.3 is 19.9 Å². The number of amides is 3. The lowest BCUT2D eigenvalue weighted by atomic mass is 10.1. The first-order chi connectivity index (χ1) is 17.5. The number of ether oxygens (including phenoxy) is 3. The Kier molecular flexibility index (Phi) is 11.0. The van der Waals surface area contributed by atoms with E-state index in [1.54, 1.807) is 59.4 Å². The second-order valence-corrected chi connectivity index (χ2v) is 7.67. The zero-order chi connectivity index (χ0) is 27.4. The third-order valence-electron chi connectivity index (χ3n) is 4.91. The normalized spacial score (nSPS) is 12.6. The molecule has 0 heterocycles. The van der Waals surface area contributed by atoms with Crippen LogP contribution in [0.15, 0.2) is 48.5 Å². The molecule has 37 heavy (non-hydrogen) atoms. The average Bonchev–Trinajstić information content (AvgIpc) is 2.88. The summed E-state index contributed by atoms with van der Waals surface area (Å²) in [6, 6.07) is 9.78. The molecule has 2 unspecified atom stereocenters. The maximum absolute atomic E-state index is 13.3. The van der Waals surface area contributed by atoms with E-state index in [2.05, 4.69) is 0 Å². The van der Waals surface area contributed by atoms with E-state index in [9.17, 15) is 27.6 Å². The van der Waals surface area contributed by atoms with E-state index in [0.717, 1.165) is 0 Å². The summed E-state index contributed by atoms with van der Waals surface area (Å²) in [5.74, 6) is -1.12. The molecule has 2 aromatic rings. The van der Waals surface area contributed by atoms with Crippen LogP contribution in [0.3, 0.4) is 0 Å².